The molecule has 0 radical (unpaired) electrons. The van der Waals surface area contributed by atoms with Gasteiger partial charge in [0.25, 0.3) is 0 Å². The maximum absolute atomic E-state index is 13.7. The topological polar surface area (TPSA) is 46.9 Å². The fourth-order valence-corrected chi connectivity index (χ4v) is 4.15. The van der Waals surface area contributed by atoms with Gasteiger partial charge in [0.05, 0.1) is 11.0 Å². The van der Waals surface area contributed by atoms with Crippen molar-refractivity contribution in [2.75, 3.05) is 5.32 Å². The van der Waals surface area contributed by atoms with Crippen molar-refractivity contribution in [3.05, 3.63) is 83.9 Å². The number of aromatic nitrogens is 2. The number of amides is 1. The Balaban J connectivity index is 1.86. The number of benzene rings is 3. The van der Waals surface area contributed by atoms with E-state index in [9.17, 15) is 4.79 Å². The van der Waals surface area contributed by atoms with E-state index in [4.69, 9.17) is 4.98 Å². The van der Waals surface area contributed by atoms with E-state index < -0.39 is 0 Å². The summed E-state index contributed by atoms with van der Waals surface area (Å²) in [6.45, 7) is 8.37. The monoisotopic (exact) mass is 411 g/mol. The molecule has 0 spiro atoms. The minimum Gasteiger partial charge on any atom is -0.324 e. The van der Waals surface area contributed by atoms with E-state index in [2.05, 4.69) is 23.7 Å². The van der Waals surface area contributed by atoms with Crippen molar-refractivity contribution in [1.29, 1.82) is 0 Å². The molecule has 0 aliphatic carbocycles. The van der Waals surface area contributed by atoms with Crippen molar-refractivity contribution in [1.82, 2.24) is 9.55 Å². The van der Waals surface area contributed by atoms with Crippen LogP contribution in [0.5, 0.6) is 0 Å². The molecule has 0 aliphatic rings. The average molecular weight is 412 g/mol. The van der Waals surface area contributed by atoms with Crippen molar-refractivity contribution >= 4 is 22.6 Å². The van der Waals surface area contributed by atoms with Crippen molar-refractivity contribution in [2.24, 2.45) is 5.92 Å². The summed E-state index contributed by atoms with van der Waals surface area (Å²) in [7, 11) is 0. The second-order valence-electron chi connectivity index (χ2n) is 8.56. The first-order chi connectivity index (χ1) is 15.0. The van der Waals surface area contributed by atoms with Crippen LogP contribution in [0.25, 0.3) is 22.4 Å². The van der Waals surface area contributed by atoms with Crippen LogP contribution in [0.15, 0.2) is 72.8 Å². The Kier molecular flexibility index (Phi) is 5.90. The fourth-order valence-electron chi connectivity index (χ4n) is 4.15. The van der Waals surface area contributed by atoms with Crippen LogP contribution >= 0.6 is 0 Å². The predicted octanol–water partition coefficient (Wildman–Crippen LogP) is 6.55. The van der Waals surface area contributed by atoms with Crippen LogP contribution in [0.1, 0.15) is 37.4 Å². The van der Waals surface area contributed by atoms with Gasteiger partial charge in [0.15, 0.2) is 0 Å². The third-order valence-electron chi connectivity index (χ3n) is 5.67. The molecule has 0 saturated heterocycles. The van der Waals surface area contributed by atoms with E-state index in [1.807, 2.05) is 86.6 Å². The number of hydrogen-bond acceptors (Lipinski definition) is 2. The zero-order valence-electron chi connectivity index (χ0n) is 18.6. The highest BCUT2D eigenvalue weighted by Crippen LogP contribution is 2.32. The molecule has 0 aliphatic heterocycles. The van der Waals surface area contributed by atoms with Crippen LogP contribution in [-0.2, 0) is 4.79 Å². The first kappa shape index (κ1) is 20.9. The highest BCUT2D eigenvalue weighted by Gasteiger charge is 2.27. The number of aryl methyl sites for hydroxylation is 2. The van der Waals surface area contributed by atoms with Crippen LogP contribution in [-0.4, -0.2) is 15.5 Å². The molecule has 0 saturated carbocycles. The Morgan fingerprint density at radius 1 is 0.903 bits per heavy atom. The van der Waals surface area contributed by atoms with Gasteiger partial charge in [-0.05, 0) is 49.4 Å². The molecule has 1 aromatic heterocycles. The van der Waals surface area contributed by atoms with E-state index in [-0.39, 0.29) is 11.9 Å². The lowest BCUT2D eigenvalue weighted by atomic mass is 10.0. The smallest absolute Gasteiger partial charge is 0.247 e. The number of anilines is 1. The van der Waals surface area contributed by atoms with Gasteiger partial charge in [-0.1, -0.05) is 74.5 Å². The number of rotatable bonds is 6. The quantitative estimate of drug-likeness (QED) is 0.391. The molecule has 4 heteroatoms. The van der Waals surface area contributed by atoms with Crippen LogP contribution in [0.3, 0.4) is 0 Å². The number of imidazole rings is 1. The number of nitrogens with one attached hydrogen (secondary N) is 1. The lowest BCUT2D eigenvalue weighted by Crippen LogP contribution is -2.28. The number of carbonyl (C=O) groups excluding carboxylic acids is 1. The molecular formula is C27H29N3O. The van der Waals surface area contributed by atoms with Gasteiger partial charge in [-0.3, -0.25) is 4.79 Å². The standard InChI is InChI=1S/C27H29N3O/c1-18(2)17-24(27(31)29-25-19(3)11-10-12-20(25)4)30-23-16-9-8-15-22(23)28-26(30)21-13-6-5-7-14-21/h5-16,18,24H,17H2,1-4H3,(H,29,31). The molecule has 0 fully saturated rings. The number of fused-ring (bicyclic) bond motifs is 1. The van der Waals surface area contributed by atoms with Crippen LogP contribution in [0, 0.1) is 19.8 Å². The Hall–Kier alpha value is -3.40. The van der Waals surface area contributed by atoms with Gasteiger partial charge in [-0.15, -0.1) is 0 Å². The predicted molar refractivity (Wildman–Crippen MR) is 128 cm³/mol. The molecule has 31 heavy (non-hydrogen) atoms. The molecule has 3 aromatic carbocycles. The Bertz CT molecular complexity index is 1190. The summed E-state index contributed by atoms with van der Waals surface area (Å²) in [6.07, 6.45) is 0.719. The Morgan fingerprint density at radius 2 is 1.55 bits per heavy atom. The molecule has 158 valence electrons. The van der Waals surface area contributed by atoms with E-state index in [1.165, 1.54) is 0 Å². The number of hydrogen-bond donors (Lipinski definition) is 1. The number of para-hydroxylation sites is 3. The first-order valence-corrected chi connectivity index (χ1v) is 10.8. The molecule has 1 atom stereocenters. The third-order valence-corrected chi connectivity index (χ3v) is 5.67. The van der Waals surface area contributed by atoms with Crippen molar-refractivity contribution in [3.63, 3.8) is 0 Å². The molecule has 4 nitrogen and oxygen atoms in total. The van der Waals surface area contributed by atoms with Gasteiger partial charge >= 0.3 is 0 Å². The zero-order valence-corrected chi connectivity index (χ0v) is 18.6. The van der Waals surface area contributed by atoms with Crippen LogP contribution in [0.2, 0.25) is 0 Å². The summed E-state index contributed by atoms with van der Waals surface area (Å²) >= 11 is 0. The lowest BCUT2D eigenvalue weighted by molar-refractivity contribution is -0.119. The van der Waals surface area contributed by atoms with E-state index >= 15 is 0 Å². The molecule has 1 unspecified atom stereocenters. The number of nitrogens with zero attached hydrogens (tertiary/aromatic N) is 2. The van der Waals surface area contributed by atoms with Crippen LogP contribution in [0.4, 0.5) is 5.69 Å². The largest absolute Gasteiger partial charge is 0.324 e. The molecule has 4 aromatic rings. The first-order valence-electron chi connectivity index (χ1n) is 10.8. The molecule has 1 heterocycles. The Labute approximate surface area is 183 Å². The summed E-state index contributed by atoms with van der Waals surface area (Å²) in [5, 5.41) is 3.23. The highest BCUT2D eigenvalue weighted by molar-refractivity contribution is 5.97. The summed E-state index contributed by atoms with van der Waals surface area (Å²) in [4.78, 5) is 18.6. The normalized spacial score (nSPS) is 12.3. The minimum absolute atomic E-state index is 0.00793. The molecule has 1 amide bonds. The van der Waals surface area contributed by atoms with E-state index in [0.29, 0.717) is 5.92 Å². The number of carbonyl (C=O) groups is 1. The summed E-state index contributed by atoms with van der Waals surface area (Å²) in [5.41, 5.74) is 5.91. The fraction of sp³-hybridized carbons (Fsp3) is 0.259. The summed E-state index contributed by atoms with van der Waals surface area (Å²) in [6, 6.07) is 23.9. The van der Waals surface area contributed by atoms with Crippen LogP contribution < -0.4 is 5.32 Å². The Morgan fingerprint density at radius 3 is 2.23 bits per heavy atom. The van der Waals surface area contributed by atoms with Crippen molar-refractivity contribution in [3.8, 4) is 11.4 Å². The van der Waals surface area contributed by atoms with Gasteiger partial charge in [0, 0.05) is 11.3 Å². The van der Waals surface area contributed by atoms with Crippen molar-refractivity contribution in [2.45, 2.75) is 40.2 Å². The summed E-state index contributed by atoms with van der Waals surface area (Å²) < 4.78 is 2.12. The van der Waals surface area contributed by atoms with Crippen molar-refractivity contribution < 1.29 is 4.79 Å². The van der Waals surface area contributed by atoms with Gasteiger partial charge < -0.3 is 9.88 Å². The molecule has 1 N–H and O–H groups in total. The molecule has 4 rings (SSSR count). The maximum atomic E-state index is 13.7. The maximum Gasteiger partial charge on any atom is 0.247 e. The second kappa shape index (κ2) is 8.76. The third kappa shape index (κ3) is 4.24. The van der Waals surface area contributed by atoms with Gasteiger partial charge in [0.2, 0.25) is 5.91 Å². The summed E-state index contributed by atoms with van der Waals surface area (Å²) in [5.74, 6) is 1.16. The molecular weight excluding hydrogens is 382 g/mol. The van der Waals surface area contributed by atoms with Gasteiger partial charge in [-0.2, -0.15) is 0 Å². The average Bonchev–Trinajstić information content (AvgIpc) is 3.14. The van der Waals surface area contributed by atoms with Gasteiger partial charge in [-0.25, -0.2) is 4.98 Å². The van der Waals surface area contributed by atoms with E-state index in [0.717, 1.165) is 45.7 Å². The second-order valence-corrected chi connectivity index (χ2v) is 8.56. The SMILES string of the molecule is Cc1cccc(C)c1NC(=O)C(CC(C)C)n1c(-c2ccccc2)nc2ccccc21. The lowest BCUT2D eigenvalue weighted by Gasteiger charge is -2.24. The highest BCUT2D eigenvalue weighted by atomic mass is 16.2. The minimum atomic E-state index is -0.374. The van der Waals surface area contributed by atoms with E-state index in [1.54, 1.807) is 0 Å². The molecule has 0 bridgehead atoms. The zero-order chi connectivity index (χ0) is 22.0. The van der Waals surface area contributed by atoms with Gasteiger partial charge in [0.1, 0.15) is 11.9 Å².